The van der Waals surface area contributed by atoms with E-state index in [1.807, 2.05) is 0 Å². The summed E-state index contributed by atoms with van der Waals surface area (Å²) >= 11 is 0. The summed E-state index contributed by atoms with van der Waals surface area (Å²) in [6.07, 6.45) is 0. The lowest BCUT2D eigenvalue weighted by atomic mass is 9.90. The molecule has 0 saturated carbocycles. The Balaban J connectivity index is 1.03. The Morgan fingerprint density at radius 3 is 1.58 bits per heavy atom. The van der Waals surface area contributed by atoms with Crippen molar-refractivity contribution in [2.45, 2.75) is 0 Å². The van der Waals surface area contributed by atoms with Crippen LogP contribution in [0.4, 0.5) is 0 Å². The largest absolute Gasteiger partial charge is 0.309 e. The monoisotopic (exact) mass is 669 g/mol. The average molecular weight is 670 g/mol. The van der Waals surface area contributed by atoms with Crippen LogP contribution in [0.1, 0.15) is 0 Å². The lowest BCUT2D eigenvalue weighted by Crippen LogP contribution is -1.93. The fourth-order valence-corrected chi connectivity index (χ4v) is 9.35. The summed E-state index contributed by atoms with van der Waals surface area (Å²) in [4.78, 5) is 0. The molecule has 1 nitrogen and oxygen atoms in total. The molecule has 0 spiro atoms. The number of hydrogen-bond acceptors (Lipinski definition) is 0. The molecule has 53 heavy (non-hydrogen) atoms. The van der Waals surface area contributed by atoms with Gasteiger partial charge in [0, 0.05) is 16.5 Å². The molecule has 1 aromatic heterocycles. The van der Waals surface area contributed by atoms with Gasteiger partial charge in [-0.3, -0.25) is 0 Å². The van der Waals surface area contributed by atoms with Gasteiger partial charge in [-0.1, -0.05) is 152 Å². The fourth-order valence-electron chi connectivity index (χ4n) is 9.35. The van der Waals surface area contributed by atoms with Gasteiger partial charge in [-0.25, -0.2) is 0 Å². The van der Waals surface area contributed by atoms with Crippen molar-refractivity contribution in [2.24, 2.45) is 0 Å². The molecule has 0 aliphatic heterocycles. The van der Waals surface area contributed by atoms with Crippen molar-refractivity contribution >= 4 is 64.9 Å². The van der Waals surface area contributed by atoms with Crippen LogP contribution in [0.5, 0.6) is 0 Å². The molecule has 0 amide bonds. The number of aromatic nitrogens is 1. The normalized spacial score (nSPS) is 12.2. The van der Waals surface area contributed by atoms with Crippen molar-refractivity contribution in [3.63, 3.8) is 0 Å². The summed E-state index contributed by atoms with van der Waals surface area (Å²) in [5.74, 6) is 0. The summed E-state index contributed by atoms with van der Waals surface area (Å²) in [6.45, 7) is 0. The molecule has 1 aliphatic carbocycles. The topological polar surface area (TPSA) is 4.93 Å². The minimum Gasteiger partial charge on any atom is -0.309 e. The van der Waals surface area contributed by atoms with Crippen LogP contribution in [0, 0.1) is 0 Å². The van der Waals surface area contributed by atoms with E-state index in [2.05, 4.69) is 193 Å². The predicted octanol–water partition coefficient (Wildman–Crippen LogP) is 14.4. The summed E-state index contributed by atoms with van der Waals surface area (Å²) in [5.41, 5.74) is 13.9. The highest BCUT2D eigenvalue weighted by atomic mass is 15.0. The highest BCUT2D eigenvalue weighted by molar-refractivity contribution is 6.29. The Bertz CT molecular complexity index is 3280. The average Bonchev–Trinajstić information content (AvgIpc) is 3.74. The summed E-state index contributed by atoms with van der Waals surface area (Å²) in [7, 11) is 0. The number of fused-ring (bicyclic) bond motifs is 12. The predicted molar refractivity (Wildman–Crippen MR) is 226 cm³/mol. The fraction of sp³-hybridized carbons (Fsp3) is 0. The van der Waals surface area contributed by atoms with Gasteiger partial charge in [0.2, 0.25) is 0 Å². The van der Waals surface area contributed by atoms with Crippen LogP contribution in [0.3, 0.4) is 0 Å². The molecule has 1 heteroatoms. The number of hydrogen-bond donors (Lipinski definition) is 0. The molecule has 11 aromatic rings. The van der Waals surface area contributed by atoms with Crippen LogP contribution in [0.25, 0.3) is 115 Å². The number of rotatable bonds is 3. The number of nitrogens with zero attached hydrogens (tertiary/aromatic N) is 1. The highest BCUT2D eigenvalue weighted by Crippen LogP contribution is 2.49. The van der Waals surface area contributed by atoms with Crippen LogP contribution < -0.4 is 0 Å². The van der Waals surface area contributed by atoms with E-state index in [4.69, 9.17) is 0 Å². The molecule has 0 bridgehead atoms. The third kappa shape index (κ3) is 4.02. The summed E-state index contributed by atoms with van der Waals surface area (Å²) in [5, 5.41) is 12.9. The zero-order valence-electron chi connectivity index (χ0n) is 28.8. The minimum absolute atomic E-state index is 1.18. The molecule has 1 aliphatic rings. The number of benzene rings is 10. The Morgan fingerprint density at radius 1 is 0.245 bits per heavy atom. The molecular formula is C52H31N. The van der Waals surface area contributed by atoms with Gasteiger partial charge in [-0.15, -0.1) is 0 Å². The first-order chi connectivity index (χ1) is 26.3. The Labute approximate surface area is 306 Å². The minimum atomic E-state index is 1.18. The lowest BCUT2D eigenvalue weighted by molar-refractivity contribution is 1.18. The van der Waals surface area contributed by atoms with Gasteiger partial charge in [0.1, 0.15) is 0 Å². The molecule has 0 atom stereocenters. The summed E-state index contributed by atoms with van der Waals surface area (Å²) in [6, 6.07) is 69.7. The molecule has 0 saturated heterocycles. The molecule has 0 radical (unpaired) electrons. The van der Waals surface area contributed by atoms with Crippen molar-refractivity contribution in [3.05, 3.63) is 188 Å². The zero-order valence-corrected chi connectivity index (χ0v) is 28.8. The van der Waals surface area contributed by atoms with Gasteiger partial charge in [-0.2, -0.15) is 0 Å². The van der Waals surface area contributed by atoms with Gasteiger partial charge in [0.15, 0.2) is 0 Å². The molecular weight excluding hydrogens is 639 g/mol. The second-order valence-electron chi connectivity index (χ2n) is 14.4. The highest BCUT2D eigenvalue weighted by Gasteiger charge is 2.22. The van der Waals surface area contributed by atoms with Gasteiger partial charge >= 0.3 is 0 Å². The Hall–Kier alpha value is -6.96. The van der Waals surface area contributed by atoms with Gasteiger partial charge in [-0.05, 0) is 124 Å². The van der Waals surface area contributed by atoms with E-state index in [1.54, 1.807) is 0 Å². The van der Waals surface area contributed by atoms with Crippen LogP contribution >= 0.6 is 0 Å². The maximum Gasteiger partial charge on any atom is 0.0547 e. The van der Waals surface area contributed by atoms with E-state index in [9.17, 15) is 0 Å². The van der Waals surface area contributed by atoms with E-state index in [-0.39, 0.29) is 0 Å². The molecule has 0 fully saturated rings. The Morgan fingerprint density at radius 2 is 0.792 bits per heavy atom. The molecule has 0 N–H and O–H groups in total. The maximum absolute atomic E-state index is 2.43. The summed E-state index contributed by atoms with van der Waals surface area (Å²) < 4.78 is 2.42. The lowest BCUT2D eigenvalue weighted by Gasteiger charge is -2.14. The van der Waals surface area contributed by atoms with Crippen LogP contribution in [0.2, 0.25) is 0 Å². The van der Waals surface area contributed by atoms with E-state index >= 15 is 0 Å². The van der Waals surface area contributed by atoms with Crippen LogP contribution in [-0.4, -0.2) is 4.57 Å². The number of para-hydroxylation sites is 2. The van der Waals surface area contributed by atoms with Gasteiger partial charge in [0.05, 0.1) is 11.0 Å². The van der Waals surface area contributed by atoms with Crippen molar-refractivity contribution < 1.29 is 0 Å². The first-order valence-corrected chi connectivity index (χ1v) is 18.4. The van der Waals surface area contributed by atoms with Crippen molar-refractivity contribution in [2.75, 3.05) is 0 Å². The first-order valence-electron chi connectivity index (χ1n) is 18.4. The van der Waals surface area contributed by atoms with E-state index < -0.39 is 0 Å². The third-order valence-electron chi connectivity index (χ3n) is 11.7. The van der Waals surface area contributed by atoms with Gasteiger partial charge in [0.25, 0.3) is 0 Å². The van der Waals surface area contributed by atoms with Crippen LogP contribution in [0.15, 0.2) is 188 Å². The second kappa shape index (κ2) is 10.8. The quantitative estimate of drug-likeness (QED) is 0.165. The molecule has 1 heterocycles. The van der Waals surface area contributed by atoms with Crippen molar-refractivity contribution in [3.8, 4) is 50.2 Å². The van der Waals surface area contributed by atoms with E-state index in [1.165, 1.54) is 115 Å². The first kappa shape index (κ1) is 28.7. The van der Waals surface area contributed by atoms with Crippen LogP contribution in [-0.2, 0) is 0 Å². The van der Waals surface area contributed by atoms with E-state index in [0.717, 1.165) is 0 Å². The molecule has 0 unspecified atom stereocenters. The standard InChI is InChI=1S/C52H31N/c1-2-11-35(12-3-1)53-50-20-9-8-17-42(50)49-30-47-40-16-7-6-15-39(40)46-29-34(25-26-41(46)48(47)31-51(49)53)32-21-23-33(24-22-32)36-27-28-45-38-14-5-4-13-37(38)44-19-10-18-43(36)52(44)45/h1-31H. The SMILES string of the molecule is c1ccc(-n2c3ccccc3c3cc4c5ccccc5c5cc(-c6ccc(-c7ccc8c9c(cccc79)-c7ccccc7-8)cc6)ccc5c4cc32)cc1. The van der Waals surface area contributed by atoms with Gasteiger partial charge < -0.3 is 4.57 Å². The second-order valence-corrected chi connectivity index (χ2v) is 14.4. The zero-order chi connectivity index (χ0) is 34.6. The van der Waals surface area contributed by atoms with Crippen molar-refractivity contribution in [1.82, 2.24) is 4.57 Å². The molecule has 10 aromatic carbocycles. The molecule has 12 rings (SSSR count). The maximum atomic E-state index is 2.43. The molecule has 244 valence electrons. The third-order valence-corrected chi connectivity index (χ3v) is 11.7. The smallest absolute Gasteiger partial charge is 0.0547 e. The Kier molecular flexibility index (Phi) is 5.84. The van der Waals surface area contributed by atoms with Crippen molar-refractivity contribution in [1.29, 1.82) is 0 Å². The van der Waals surface area contributed by atoms with E-state index in [0.29, 0.717) is 0 Å².